The molecule has 0 radical (unpaired) electrons. The van der Waals surface area contributed by atoms with Crippen LogP contribution >= 0.6 is 0 Å². The van der Waals surface area contributed by atoms with Gasteiger partial charge in [0.15, 0.2) is 0 Å². The monoisotopic (exact) mass is 180 g/mol. The van der Waals surface area contributed by atoms with Crippen LogP contribution in [0.1, 0.15) is 39.5 Å². The Morgan fingerprint density at radius 2 is 2.38 bits per heavy atom. The van der Waals surface area contributed by atoms with E-state index in [0.29, 0.717) is 6.42 Å². The first kappa shape index (κ1) is 10.2. The predicted octanol–water partition coefficient (Wildman–Crippen LogP) is 2.28. The zero-order chi connectivity index (χ0) is 9.90. The van der Waals surface area contributed by atoms with Crippen LogP contribution in [0.5, 0.6) is 0 Å². The number of aldehydes is 1. The summed E-state index contributed by atoms with van der Waals surface area (Å²) in [4.78, 5) is 21.9. The smallest absolute Gasteiger partial charge is 0.130 e. The maximum atomic E-state index is 11.0. The molecule has 1 aliphatic carbocycles. The largest absolute Gasteiger partial charge is 0.303 e. The van der Waals surface area contributed by atoms with Crippen LogP contribution in [-0.4, -0.2) is 12.1 Å². The molecule has 0 aromatic carbocycles. The van der Waals surface area contributed by atoms with E-state index in [1.165, 1.54) is 5.57 Å². The van der Waals surface area contributed by atoms with Gasteiger partial charge in [0.05, 0.1) is 0 Å². The van der Waals surface area contributed by atoms with Crippen LogP contribution in [0.3, 0.4) is 0 Å². The van der Waals surface area contributed by atoms with Gasteiger partial charge in [-0.3, -0.25) is 4.79 Å². The van der Waals surface area contributed by atoms with E-state index in [4.69, 9.17) is 0 Å². The zero-order valence-corrected chi connectivity index (χ0v) is 8.30. The van der Waals surface area contributed by atoms with Crippen molar-refractivity contribution in [2.24, 2.45) is 5.41 Å². The molecule has 1 aliphatic rings. The minimum Gasteiger partial charge on any atom is -0.303 e. The first-order valence-corrected chi connectivity index (χ1v) is 4.69. The summed E-state index contributed by atoms with van der Waals surface area (Å²) in [5.41, 5.74) is 0.951. The number of rotatable bonds is 3. The van der Waals surface area contributed by atoms with Crippen molar-refractivity contribution in [3.63, 3.8) is 0 Å². The number of hydrogen-bond acceptors (Lipinski definition) is 2. The molecule has 0 saturated heterocycles. The summed E-state index contributed by atoms with van der Waals surface area (Å²) in [7, 11) is 0. The molecule has 0 aromatic rings. The van der Waals surface area contributed by atoms with Gasteiger partial charge < -0.3 is 4.79 Å². The molecule has 1 unspecified atom stereocenters. The average Bonchev–Trinajstić information content (AvgIpc) is 2.09. The van der Waals surface area contributed by atoms with Gasteiger partial charge >= 0.3 is 0 Å². The summed E-state index contributed by atoms with van der Waals surface area (Å²) >= 11 is 0. The van der Waals surface area contributed by atoms with Crippen molar-refractivity contribution in [1.29, 1.82) is 0 Å². The molecule has 0 saturated carbocycles. The van der Waals surface area contributed by atoms with Crippen molar-refractivity contribution in [1.82, 2.24) is 0 Å². The standard InChI is InChI=1S/C11H16O2/c1-9-3-5-11(8-12,6-4-9)7-10(2)13/h3,8H,4-7H2,1-2H3. The Kier molecular flexibility index (Phi) is 3.02. The fourth-order valence-electron chi connectivity index (χ4n) is 1.83. The third-order valence-corrected chi connectivity index (χ3v) is 2.73. The first-order valence-electron chi connectivity index (χ1n) is 4.69. The highest BCUT2D eigenvalue weighted by Crippen LogP contribution is 2.36. The summed E-state index contributed by atoms with van der Waals surface area (Å²) in [5.74, 6) is 0.111. The van der Waals surface area contributed by atoms with Gasteiger partial charge in [0.25, 0.3) is 0 Å². The van der Waals surface area contributed by atoms with Crippen LogP contribution in [0.2, 0.25) is 0 Å². The Bertz CT molecular complexity index is 253. The summed E-state index contributed by atoms with van der Waals surface area (Å²) in [5, 5.41) is 0. The predicted molar refractivity (Wildman–Crippen MR) is 51.4 cm³/mol. The average molecular weight is 180 g/mol. The van der Waals surface area contributed by atoms with E-state index in [-0.39, 0.29) is 11.2 Å². The molecule has 0 fully saturated rings. The zero-order valence-electron chi connectivity index (χ0n) is 8.30. The van der Waals surface area contributed by atoms with Gasteiger partial charge in [-0.15, -0.1) is 0 Å². The third kappa shape index (κ3) is 2.51. The topological polar surface area (TPSA) is 34.1 Å². The maximum Gasteiger partial charge on any atom is 0.130 e. The Hall–Kier alpha value is -0.920. The third-order valence-electron chi connectivity index (χ3n) is 2.73. The van der Waals surface area contributed by atoms with Gasteiger partial charge in [0, 0.05) is 11.8 Å². The molecule has 0 bridgehead atoms. The van der Waals surface area contributed by atoms with Gasteiger partial charge in [0.1, 0.15) is 12.1 Å². The summed E-state index contributed by atoms with van der Waals surface area (Å²) in [6.07, 6.45) is 5.98. The van der Waals surface area contributed by atoms with E-state index in [1.807, 2.05) is 0 Å². The number of Topliss-reactive ketones (excluding diaryl/α,β-unsaturated/α-hetero) is 1. The summed E-state index contributed by atoms with van der Waals surface area (Å²) < 4.78 is 0. The lowest BCUT2D eigenvalue weighted by Crippen LogP contribution is -2.27. The van der Waals surface area contributed by atoms with Crippen LogP contribution < -0.4 is 0 Å². The van der Waals surface area contributed by atoms with E-state index in [9.17, 15) is 9.59 Å². The normalized spacial score (nSPS) is 28.0. The maximum absolute atomic E-state index is 11.0. The van der Waals surface area contributed by atoms with Crippen LogP contribution in [0.15, 0.2) is 11.6 Å². The van der Waals surface area contributed by atoms with E-state index < -0.39 is 0 Å². The lowest BCUT2D eigenvalue weighted by molar-refractivity contribution is -0.125. The minimum atomic E-state index is -0.384. The molecule has 0 aliphatic heterocycles. The molecule has 0 heterocycles. The van der Waals surface area contributed by atoms with E-state index in [0.717, 1.165) is 25.5 Å². The molecule has 0 amide bonds. The Balaban J connectivity index is 2.72. The minimum absolute atomic E-state index is 0.111. The second-order valence-electron chi connectivity index (χ2n) is 4.11. The SMILES string of the molecule is CC(=O)CC1(C=O)CC=C(C)CC1. The van der Waals surface area contributed by atoms with Crippen LogP contribution in [0.25, 0.3) is 0 Å². The number of carbonyl (C=O) groups is 2. The van der Waals surface area contributed by atoms with Crippen molar-refractivity contribution in [2.75, 3.05) is 0 Å². The number of allylic oxidation sites excluding steroid dienone is 2. The number of carbonyl (C=O) groups excluding carboxylic acids is 2. The first-order chi connectivity index (χ1) is 6.08. The van der Waals surface area contributed by atoms with Crippen molar-refractivity contribution < 1.29 is 9.59 Å². The lowest BCUT2D eigenvalue weighted by atomic mass is 9.73. The van der Waals surface area contributed by atoms with Crippen molar-refractivity contribution in [2.45, 2.75) is 39.5 Å². The molecule has 0 spiro atoms. The van der Waals surface area contributed by atoms with E-state index in [2.05, 4.69) is 13.0 Å². The molecule has 0 aromatic heterocycles. The van der Waals surface area contributed by atoms with Crippen molar-refractivity contribution >= 4 is 12.1 Å². The Morgan fingerprint density at radius 1 is 1.69 bits per heavy atom. The van der Waals surface area contributed by atoms with Crippen LogP contribution in [0, 0.1) is 5.41 Å². The highest BCUT2D eigenvalue weighted by atomic mass is 16.1. The van der Waals surface area contributed by atoms with Crippen LogP contribution in [0.4, 0.5) is 0 Å². The second-order valence-corrected chi connectivity index (χ2v) is 4.11. The number of ketones is 1. The van der Waals surface area contributed by atoms with Gasteiger partial charge in [0.2, 0.25) is 0 Å². The molecule has 1 atom stereocenters. The van der Waals surface area contributed by atoms with Gasteiger partial charge in [-0.25, -0.2) is 0 Å². The molecule has 2 nitrogen and oxygen atoms in total. The fourth-order valence-corrected chi connectivity index (χ4v) is 1.83. The quantitative estimate of drug-likeness (QED) is 0.493. The highest BCUT2D eigenvalue weighted by molar-refractivity contribution is 5.80. The Labute approximate surface area is 79.0 Å². The molecule has 0 N–H and O–H groups in total. The highest BCUT2D eigenvalue weighted by Gasteiger charge is 2.32. The van der Waals surface area contributed by atoms with E-state index in [1.54, 1.807) is 6.92 Å². The van der Waals surface area contributed by atoms with Gasteiger partial charge in [-0.1, -0.05) is 11.6 Å². The number of hydrogen-bond donors (Lipinski definition) is 0. The summed E-state index contributed by atoms with van der Waals surface area (Å²) in [6.45, 7) is 3.62. The van der Waals surface area contributed by atoms with Crippen molar-refractivity contribution in [3.05, 3.63) is 11.6 Å². The summed E-state index contributed by atoms with van der Waals surface area (Å²) in [6, 6.07) is 0. The molecule has 1 rings (SSSR count). The van der Waals surface area contributed by atoms with Gasteiger partial charge in [-0.2, -0.15) is 0 Å². The van der Waals surface area contributed by atoms with Gasteiger partial charge in [-0.05, 0) is 33.1 Å². The fraction of sp³-hybridized carbons (Fsp3) is 0.636. The molecule has 13 heavy (non-hydrogen) atoms. The molecule has 72 valence electrons. The van der Waals surface area contributed by atoms with Crippen LogP contribution in [-0.2, 0) is 9.59 Å². The molecular formula is C11H16O2. The second kappa shape index (κ2) is 3.86. The van der Waals surface area contributed by atoms with E-state index >= 15 is 0 Å². The Morgan fingerprint density at radius 3 is 2.77 bits per heavy atom. The van der Waals surface area contributed by atoms with Crippen molar-refractivity contribution in [3.8, 4) is 0 Å². The lowest BCUT2D eigenvalue weighted by Gasteiger charge is -2.29. The molecule has 2 heteroatoms. The molecular weight excluding hydrogens is 164 g/mol.